The van der Waals surface area contributed by atoms with Gasteiger partial charge in [0.1, 0.15) is 29.8 Å². The number of halogens is 1. The summed E-state index contributed by atoms with van der Waals surface area (Å²) in [6.07, 6.45) is 4.28. The van der Waals surface area contributed by atoms with Gasteiger partial charge in [-0.05, 0) is 55.8 Å². The van der Waals surface area contributed by atoms with Crippen LogP contribution in [0.15, 0.2) is 65.4 Å². The summed E-state index contributed by atoms with van der Waals surface area (Å²) in [4.78, 5) is 13.0. The van der Waals surface area contributed by atoms with E-state index >= 15 is 0 Å². The fraction of sp³-hybridized carbons (Fsp3) is 0.174. The maximum absolute atomic E-state index is 14.0. The van der Waals surface area contributed by atoms with Crippen molar-refractivity contribution in [2.75, 3.05) is 11.6 Å². The first-order valence-electron chi connectivity index (χ1n) is 9.93. The van der Waals surface area contributed by atoms with Crippen LogP contribution in [-0.4, -0.2) is 25.4 Å². The predicted molar refractivity (Wildman–Crippen MR) is 125 cm³/mol. The third kappa shape index (κ3) is 4.83. The zero-order valence-corrected chi connectivity index (χ0v) is 18.7. The van der Waals surface area contributed by atoms with Crippen LogP contribution in [-0.2, 0) is 10.6 Å². The molecule has 0 aliphatic rings. The number of nitrogens with zero attached hydrogens (tertiary/aromatic N) is 4. The molecule has 0 aliphatic carbocycles. The number of hydrogen-bond acceptors (Lipinski definition) is 7. The molecule has 2 aromatic heterocycles. The van der Waals surface area contributed by atoms with Gasteiger partial charge in [-0.25, -0.2) is 18.7 Å². The van der Waals surface area contributed by atoms with Gasteiger partial charge in [0.05, 0.1) is 22.6 Å². The highest BCUT2D eigenvalue weighted by Gasteiger charge is 2.15. The number of pyridine rings is 1. The molecule has 0 aliphatic heterocycles. The summed E-state index contributed by atoms with van der Waals surface area (Å²) in [7, 11) is -1.67. The number of benzene rings is 2. The average Bonchev–Trinajstić information content (AvgIpc) is 2.75. The van der Waals surface area contributed by atoms with E-state index in [0.29, 0.717) is 28.5 Å². The summed E-state index contributed by atoms with van der Waals surface area (Å²) in [5.74, 6) is 0.464. The smallest absolute Gasteiger partial charge is 0.146 e. The molecule has 2 heterocycles. The summed E-state index contributed by atoms with van der Waals surface area (Å²) >= 11 is 0. The molecule has 0 amide bonds. The molecule has 0 saturated heterocycles. The molecule has 0 spiro atoms. The lowest BCUT2D eigenvalue weighted by Crippen LogP contribution is -2.07. The second kappa shape index (κ2) is 9.27. The van der Waals surface area contributed by atoms with Gasteiger partial charge in [0.25, 0.3) is 0 Å². The van der Waals surface area contributed by atoms with E-state index in [2.05, 4.69) is 24.6 Å². The molecule has 0 radical (unpaired) electrons. The number of anilines is 2. The molecule has 9 heteroatoms. The third-order valence-corrected chi connectivity index (χ3v) is 5.29. The van der Waals surface area contributed by atoms with Crippen molar-refractivity contribution in [3.05, 3.63) is 78.1 Å². The van der Waals surface area contributed by atoms with Crippen LogP contribution in [0.5, 0.6) is 5.75 Å². The van der Waals surface area contributed by atoms with Gasteiger partial charge in [0.2, 0.25) is 0 Å². The lowest BCUT2D eigenvalue weighted by atomic mass is 10.1. The molecule has 7 nitrogen and oxygen atoms in total. The topological polar surface area (TPSA) is 89.4 Å². The first kappa shape index (κ1) is 21.6. The molecule has 32 heavy (non-hydrogen) atoms. The van der Waals surface area contributed by atoms with Crippen LogP contribution in [0.2, 0.25) is 0 Å². The number of thiol groups is 1. The molecule has 164 valence electrons. The molecular formula is C23H22FN5O2S. The Balaban J connectivity index is 1.72. The second-order valence-corrected chi connectivity index (χ2v) is 8.35. The number of ether oxygens (including phenoxy) is 1. The molecule has 4 rings (SSSR count). The minimum absolute atomic E-state index is 0.335. The van der Waals surface area contributed by atoms with Gasteiger partial charge in [-0.2, -0.15) is 0 Å². The highest BCUT2D eigenvalue weighted by Crippen LogP contribution is 2.35. The van der Waals surface area contributed by atoms with Crippen molar-refractivity contribution in [3.63, 3.8) is 0 Å². The van der Waals surface area contributed by atoms with Crippen molar-refractivity contribution < 1.29 is 13.3 Å². The molecule has 1 N–H and O–H groups in total. The molecule has 2 aromatic carbocycles. The Morgan fingerprint density at radius 3 is 2.72 bits per heavy atom. The van der Waals surface area contributed by atoms with E-state index in [0.717, 1.165) is 16.6 Å². The van der Waals surface area contributed by atoms with Gasteiger partial charge >= 0.3 is 0 Å². The van der Waals surface area contributed by atoms with E-state index in [4.69, 9.17) is 4.74 Å². The average molecular weight is 452 g/mol. The van der Waals surface area contributed by atoms with E-state index in [-0.39, 0.29) is 6.10 Å². The van der Waals surface area contributed by atoms with Crippen LogP contribution in [0.1, 0.15) is 24.3 Å². The Morgan fingerprint density at radius 1 is 1.12 bits per heavy atom. The van der Waals surface area contributed by atoms with Crippen molar-refractivity contribution in [1.82, 2.24) is 15.0 Å². The Morgan fingerprint density at radius 2 is 1.97 bits per heavy atom. The summed E-state index contributed by atoms with van der Waals surface area (Å²) in [5, 5.41) is 4.03. The van der Waals surface area contributed by atoms with Gasteiger partial charge in [0.15, 0.2) is 0 Å². The molecule has 2 unspecified atom stereocenters. The number of nitrogens with one attached hydrogen (secondary N) is 1. The van der Waals surface area contributed by atoms with Crippen LogP contribution < -0.4 is 10.1 Å². The van der Waals surface area contributed by atoms with Crippen molar-refractivity contribution in [2.24, 2.45) is 4.36 Å². The van der Waals surface area contributed by atoms with Gasteiger partial charge < -0.3 is 10.1 Å². The highest BCUT2D eigenvalue weighted by atomic mass is 32.2. The fourth-order valence-electron chi connectivity index (χ4n) is 3.38. The summed E-state index contributed by atoms with van der Waals surface area (Å²) in [6.45, 7) is 3.76. The first-order chi connectivity index (χ1) is 15.4. The van der Waals surface area contributed by atoms with Crippen LogP contribution in [0.4, 0.5) is 21.6 Å². The highest BCUT2D eigenvalue weighted by molar-refractivity contribution is 7.74. The lowest BCUT2D eigenvalue weighted by Gasteiger charge is -2.18. The zero-order chi connectivity index (χ0) is 22.7. The van der Waals surface area contributed by atoms with Crippen LogP contribution in [0.3, 0.4) is 0 Å². The van der Waals surface area contributed by atoms with E-state index in [9.17, 15) is 8.60 Å². The summed E-state index contributed by atoms with van der Waals surface area (Å²) in [5.41, 5.74) is 3.41. The Kier molecular flexibility index (Phi) is 6.27. The minimum atomic E-state index is -1.67. The van der Waals surface area contributed by atoms with E-state index in [1.165, 1.54) is 18.5 Å². The minimum Gasteiger partial charge on any atom is -0.482 e. The lowest BCUT2D eigenvalue weighted by molar-refractivity contribution is 0.222. The number of hydrogen-bond donors (Lipinski definition) is 2. The van der Waals surface area contributed by atoms with Crippen molar-refractivity contribution >= 4 is 38.7 Å². The molecule has 2 atom stereocenters. The standard InChI is InChI=1S/C23H22FN5O2S/c1-14-10-17(29-32(3)30)12-20-22(14)23(27-13-26-20)28-19-8-7-16(24)11-21(19)31-15(2)18-6-4-5-9-25-18/h4-13,15,32H,1-3H3,(H,26,27,28). The van der Waals surface area contributed by atoms with Crippen LogP contribution in [0, 0.1) is 12.7 Å². The van der Waals surface area contributed by atoms with E-state index in [1.54, 1.807) is 24.6 Å². The fourth-order valence-corrected chi connectivity index (χ4v) is 3.82. The van der Waals surface area contributed by atoms with Crippen LogP contribution in [0.25, 0.3) is 10.9 Å². The van der Waals surface area contributed by atoms with E-state index in [1.807, 2.05) is 38.1 Å². The van der Waals surface area contributed by atoms with Crippen LogP contribution >= 0.6 is 0 Å². The van der Waals surface area contributed by atoms with Crippen molar-refractivity contribution in [1.29, 1.82) is 0 Å². The molecule has 4 aromatic rings. The Bertz CT molecular complexity index is 1360. The normalized spacial score (nSPS) is 13.1. The van der Waals surface area contributed by atoms with Crippen molar-refractivity contribution in [2.45, 2.75) is 20.0 Å². The second-order valence-electron chi connectivity index (χ2n) is 7.22. The van der Waals surface area contributed by atoms with Gasteiger partial charge in [-0.15, -0.1) is 0 Å². The maximum atomic E-state index is 14.0. The first-order valence-corrected chi connectivity index (χ1v) is 11.6. The number of rotatable bonds is 6. The monoisotopic (exact) mass is 451 g/mol. The van der Waals surface area contributed by atoms with Crippen molar-refractivity contribution in [3.8, 4) is 5.75 Å². The van der Waals surface area contributed by atoms with Gasteiger partial charge in [0, 0.05) is 34.5 Å². The van der Waals surface area contributed by atoms with Gasteiger partial charge in [-0.1, -0.05) is 6.07 Å². The summed E-state index contributed by atoms with van der Waals surface area (Å²) < 4.78 is 35.7. The number of aromatic nitrogens is 3. The SMILES string of the molecule is Cc1cc(/N=[SH](/C)=O)cc2ncnc(Nc3ccc(F)cc3OC(C)c3ccccn3)c12. The maximum Gasteiger partial charge on any atom is 0.146 e. The Hall–Kier alpha value is -3.59. The zero-order valence-electron chi connectivity index (χ0n) is 17.8. The molecular weight excluding hydrogens is 429 g/mol. The third-order valence-electron chi connectivity index (χ3n) is 4.78. The molecule has 0 bridgehead atoms. The quantitative estimate of drug-likeness (QED) is 0.388. The number of aryl methyl sites for hydroxylation is 1. The Labute approximate surface area is 186 Å². The largest absolute Gasteiger partial charge is 0.482 e. The van der Waals surface area contributed by atoms with Gasteiger partial charge in [-0.3, -0.25) is 9.19 Å². The summed E-state index contributed by atoms with van der Waals surface area (Å²) in [6, 6.07) is 13.4. The predicted octanol–water partition coefficient (Wildman–Crippen LogP) is 5.28. The number of fused-ring (bicyclic) bond motifs is 1. The van der Waals surface area contributed by atoms with E-state index < -0.39 is 16.4 Å². The molecule has 0 saturated carbocycles. The molecule has 0 fully saturated rings.